The van der Waals surface area contributed by atoms with E-state index < -0.39 is 0 Å². The molecule has 1 aromatic heterocycles. The summed E-state index contributed by atoms with van der Waals surface area (Å²) in [5, 5.41) is 1.36. The Balaban J connectivity index is 1.80. The van der Waals surface area contributed by atoms with Gasteiger partial charge in [-0.2, -0.15) is 0 Å². The molecule has 1 aromatic carbocycles. The third kappa shape index (κ3) is 1.62. The first-order valence-electron chi connectivity index (χ1n) is 7.31. The van der Waals surface area contributed by atoms with Crippen LogP contribution in [0.4, 0.5) is 0 Å². The van der Waals surface area contributed by atoms with Gasteiger partial charge in [-0.3, -0.25) is 4.79 Å². The first-order valence-corrected chi connectivity index (χ1v) is 7.31. The van der Waals surface area contributed by atoms with E-state index in [9.17, 15) is 4.79 Å². The molecule has 2 aliphatic heterocycles. The third-order valence-electron chi connectivity index (χ3n) is 4.66. The van der Waals surface area contributed by atoms with Gasteiger partial charge in [-0.05, 0) is 37.8 Å². The van der Waals surface area contributed by atoms with E-state index in [0.29, 0.717) is 6.04 Å². The van der Waals surface area contributed by atoms with Crippen molar-refractivity contribution in [2.45, 2.75) is 32.2 Å². The number of fused-ring (bicyclic) bond motifs is 5. The Bertz CT molecular complexity index is 726. The lowest BCUT2D eigenvalue weighted by Crippen LogP contribution is -2.34. The molecule has 0 bridgehead atoms. The zero-order valence-electron chi connectivity index (χ0n) is 11.6. The number of nitrogens with zero attached hydrogens (tertiary/aromatic N) is 1. The molecule has 0 fully saturated rings. The Hall–Kier alpha value is -2.03. The molecular formula is C17H18N2O. The van der Waals surface area contributed by atoms with E-state index in [0.717, 1.165) is 31.4 Å². The van der Waals surface area contributed by atoms with E-state index in [1.54, 1.807) is 6.92 Å². The highest BCUT2D eigenvalue weighted by Crippen LogP contribution is 2.40. The number of carbonyl (C=O) groups is 1. The molecule has 0 unspecified atom stereocenters. The topological polar surface area (TPSA) is 36.1 Å². The number of aromatic nitrogens is 1. The first kappa shape index (κ1) is 11.8. The minimum Gasteiger partial charge on any atom is -0.368 e. The standard InChI is InChI=1S/C17H18N2O/c1-11(20)12-6-7-16-17-14(8-9-19(16)10-12)13-4-2-3-5-15(13)18-17/h2-5,10,16,18H,6-9H2,1H3/t16-/m0/s1. The van der Waals surface area contributed by atoms with Gasteiger partial charge in [0.15, 0.2) is 5.78 Å². The fourth-order valence-corrected chi connectivity index (χ4v) is 3.63. The molecule has 4 rings (SSSR count). The highest BCUT2D eigenvalue weighted by Gasteiger charge is 2.31. The van der Waals surface area contributed by atoms with E-state index in [1.807, 2.05) is 0 Å². The SMILES string of the molecule is CC(=O)C1=CN2CCc3c([nH]c4ccccc34)[C@@H]2CC1. The van der Waals surface area contributed by atoms with Crippen molar-refractivity contribution in [1.82, 2.24) is 9.88 Å². The predicted molar refractivity (Wildman–Crippen MR) is 79.4 cm³/mol. The molecule has 3 nitrogen and oxygen atoms in total. The minimum absolute atomic E-state index is 0.214. The summed E-state index contributed by atoms with van der Waals surface area (Å²) in [6, 6.07) is 8.96. The summed E-state index contributed by atoms with van der Waals surface area (Å²) in [4.78, 5) is 17.5. The fraction of sp³-hybridized carbons (Fsp3) is 0.353. The number of para-hydroxylation sites is 1. The largest absolute Gasteiger partial charge is 0.368 e. The highest BCUT2D eigenvalue weighted by atomic mass is 16.1. The highest BCUT2D eigenvalue weighted by molar-refractivity contribution is 5.93. The number of H-pyrrole nitrogens is 1. The number of hydrogen-bond acceptors (Lipinski definition) is 2. The van der Waals surface area contributed by atoms with Crippen LogP contribution in [0.5, 0.6) is 0 Å². The quantitative estimate of drug-likeness (QED) is 0.859. The number of nitrogens with one attached hydrogen (secondary N) is 1. The Labute approximate surface area is 118 Å². The van der Waals surface area contributed by atoms with Gasteiger partial charge in [0.25, 0.3) is 0 Å². The molecule has 0 saturated heterocycles. The van der Waals surface area contributed by atoms with Crippen molar-refractivity contribution in [1.29, 1.82) is 0 Å². The molecule has 0 saturated carbocycles. The van der Waals surface area contributed by atoms with Crippen LogP contribution in [0.3, 0.4) is 0 Å². The summed E-state index contributed by atoms with van der Waals surface area (Å²) in [6.45, 7) is 2.68. The Morgan fingerprint density at radius 3 is 3.00 bits per heavy atom. The van der Waals surface area contributed by atoms with Gasteiger partial charge in [0.1, 0.15) is 0 Å². The van der Waals surface area contributed by atoms with Crippen LogP contribution in [0, 0.1) is 0 Å². The summed E-state index contributed by atoms with van der Waals surface area (Å²) in [5.41, 5.74) is 5.04. The van der Waals surface area contributed by atoms with Crippen LogP contribution in [0.2, 0.25) is 0 Å². The van der Waals surface area contributed by atoms with Crippen molar-refractivity contribution in [2.75, 3.05) is 6.54 Å². The lowest BCUT2D eigenvalue weighted by molar-refractivity contribution is -0.114. The van der Waals surface area contributed by atoms with E-state index in [2.05, 4.69) is 40.3 Å². The average molecular weight is 266 g/mol. The molecule has 102 valence electrons. The predicted octanol–water partition coefficient (Wildman–Crippen LogP) is 3.33. The van der Waals surface area contributed by atoms with Crippen molar-refractivity contribution in [3.63, 3.8) is 0 Å². The van der Waals surface area contributed by atoms with Crippen molar-refractivity contribution in [2.24, 2.45) is 0 Å². The van der Waals surface area contributed by atoms with Gasteiger partial charge in [-0.15, -0.1) is 0 Å². The molecule has 0 aliphatic carbocycles. The number of carbonyl (C=O) groups excluding carboxylic acids is 1. The molecule has 0 spiro atoms. The van der Waals surface area contributed by atoms with Crippen molar-refractivity contribution < 1.29 is 4.79 Å². The maximum Gasteiger partial charge on any atom is 0.157 e. The van der Waals surface area contributed by atoms with Crippen LogP contribution in [-0.4, -0.2) is 22.2 Å². The van der Waals surface area contributed by atoms with Gasteiger partial charge in [0.2, 0.25) is 0 Å². The monoisotopic (exact) mass is 266 g/mol. The molecular weight excluding hydrogens is 248 g/mol. The molecule has 2 aromatic rings. The number of rotatable bonds is 1. The van der Waals surface area contributed by atoms with Crippen molar-refractivity contribution in [3.8, 4) is 0 Å². The molecule has 0 radical (unpaired) electrons. The summed E-state index contributed by atoms with van der Waals surface area (Å²) < 4.78 is 0. The lowest BCUT2D eigenvalue weighted by Gasteiger charge is -2.38. The number of aromatic amines is 1. The van der Waals surface area contributed by atoms with Gasteiger partial charge in [0, 0.05) is 34.9 Å². The number of ketones is 1. The molecule has 3 heterocycles. The summed E-state index contributed by atoms with van der Waals surface area (Å²) in [5.74, 6) is 0.214. The van der Waals surface area contributed by atoms with Crippen LogP contribution in [0.1, 0.15) is 37.1 Å². The maximum absolute atomic E-state index is 11.6. The normalized spacial score (nSPS) is 21.4. The number of allylic oxidation sites excluding steroid dienone is 1. The minimum atomic E-state index is 0.214. The van der Waals surface area contributed by atoms with E-state index in [4.69, 9.17) is 0 Å². The Morgan fingerprint density at radius 1 is 1.30 bits per heavy atom. The second kappa shape index (κ2) is 4.23. The molecule has 1 atom stereocenters. The maximum atomic E-state index is 11.6. The number of benzene rings is 1. The van der Waals surface area contributed by atoms with Crippen LogP contribution < -0.4 is 0 Å². The second-order valence-corrected chi connectivity index (χ2v) is 5.82. The summed E-state index contributed by atoms with van der Waals surface area (Å²) in [7, 11) is 0. The lowest BCUT2D eigenvalue weighted by atomic mass is 9.90. The van der Waals surface area contributed by atoms with Crippen LogP contribution in [0.25, 0.3) is 10.9 Å². The van der Waals surface area contributed by atoms with Crippen molar-refractivity contribution in [3.05, 3.63) is 47.3 Å². The Morgan fingerprint density at radius 2 is 2.15 bits per heavy atom. The molecule has 3 heteroatoms. The third-order valence-corrected chi connectivity index (χ3v) is 4.66. The Kier molecular flexibility index (Phi) is 2.49. The first-order chi connectivity index (χ1) is 9.74. The molecule has 1 N–H and O–H groups in total. The number of Topliss-reactive ketones (excluding diaryl/α,β-unsaturated/α-hetero) is 1. The van der Waals surface area contributed by atoms with Gasteiger partial charge in [0.05, 0.1) is 6.04 Å². The van der Waals surface area contributed by atoms with Gasteiger partial charge in [-0.25, -0.2) is 0 Å². The summed E-state index contributed by atoms with van der Waals surface area (Å²) >= 11 is 0. The average Bonchev–Trinajstić information content (AvgIpc) is 2.85. The van der Waals surface area contributed by atoms with Crippen LogP contribution in [0.15, 0.2) is 36.0 Å². The fourth-order valence-electron chi connectivity index (χ4n) is 3.63. The molecule has 0 amide bonds. The van der Waals surface area contributed by atoms with Gasteiger partial charge in [-0.1, -0.05) is 18.2 Å². The van der Waals surface area contributed by atoms with E-state index in [1.165, 1.54) is 22.2 Å². The number of hydrogen-bond donors (Lipinski definition) is 1. The van der Waals surface area contributed by atoms with Gasteiger partial charge < -0.3 is 9.88 Å². The van der Waals surface area contributed by atoms with Gasteiger partial charge >= 0.3 is 0 Å². The summed E-state index contributed by atoms with van der Waals surface area (Å²) in [6.07, 6.45) is 5.07. The zero-order chi connectivity index (χ0) is 13.7. The molecule has 2 aliphatic rings. The second-order valence-electron chi connectivity index (χ2n) is 5.82. The molecule has 20 heavy (non-hydrogen) atoms. The van der Waals surface area contributed by atoms with Crippen LogP contribution >= 0.6 is 0 Å². The zero-order valence-corrected chi connectivity index (χ0v) is 11.6. The smallest absolute Gasteiger partial charge is 0.157 e. The van der Waals surface area contributed by atoms with Crippen molar-refractivity contribution >= 4 is 16.7 Å². The van der Waals surface area contributed by atoms with Crippen LogP contribution in [-0.2, 0) is 11.2 Å². The van der Waals surface area contributed by atoms with E-state index >= 15 is 0 Å². The van der Waals surface area contributed by atoms with E-state index in [-0.39, 0.29) is 5.78 Å².